The Hall–Kier alpha value is -1.36. The predicted molar refractivity (Wildman–Crippen MR) is 63.2 cm³/mol. The summed E-state index contributed by atoms with van der Waals surface area (Å²) in [4.78, 5) is 0. The Morgan fingerprint density at radius 1 is 1.24 bits per heavy atom. The zero-order chi connectivity index (χ0) is 11.7. The first-order chi connectivity index (χ1) is 8.33. The lowest BCUT2D eigenvalue weighted by molar-refractivity contribution is -0.0441. The molecule has 0 amide bonds. The van der Waals surface area contributed by atoms with Gasteiger partial charge in [0.25, 0.3) is 0 Å². The quantitative estimate of drug-likeness (QED) is 0.822. The van der Waals surface area contributed by atoms with Crippen LogP contribution in [0.4, 0.5) is 0 Å². The number of rotatable bonds is 2. The van der Waals surface area contributed by atoms with Gasteiger partial charge in [-0.15, -0.1) is 0 Å². The van der Waals surface area contributed by atoms with Gasteiger partial charge in [0.2, 0.25) is 0 Å². The maximum atomic E-state index is 5.80. The number of ether oxygens (including phenoxy) is 2. The monoisotopic (exact) mass is 250 g/mol. The highest BCUT2D eigenvalue weighted by Crippen LogP contribution is 2.24. The highest BCUT2D eigenvalue weighted by Gasteiger charge is 2.18. The Bertz CT molecular complexity index is 521. The number of halogens is 1. The van der Waals surface area contributed by atoms with Crippen LogP contribution in [0.5, 0.6) is 0 Å². The van der Waals surface area contributed by atoms with Crippen LogP contribution < -0.4 is 0 Å². The first-order valence-corrected chi connectivity index (χ1v) is 5.75. The lowest BCUT2D eigenvalue weighted by atomic mass is 10.2. The average molecular weight is 251 g/mol. The van der Waals surface area contributed by atoms with Gasteiger partial charge in [-0.3, -0.25) is 0 Å². The van der Waals surface area contributed by atoms with E-state index in [9.17, 15) is 0 Å². The van der Waals surface area contributed by atoms with E-state index in [2.05, 4.69) is 5.10 Å². The molecule has 0 spiro atoms. The summed E-state index contributed by atoms with van der Waals surface area (Å²) in [5.41, 5.74) is 1.93. The summed E-state index contributed by atoms with van der Waals surface area (Å²) in [6, 6.07) is 9.62. The van der Waals surface area contributed by atoms with Gasteiger partial charge in [0.15, 0.2) is 11.4 Å². The summed E-state index contributed by atoms with van der Waals surface area (Å²) in [7, 11) is 0. The summed E-state index contributed by atoms with van der Waals surface area (Å²) in [5, 5.41) is 4.62. The number of nitrogens with zero attached hydrogens (tertiary/aromatic N) is 2. The Morgan fingerprint density at radius 3 is 2.76 bits per heavy atom. The fraction of sp³-hybridized carbons (Fsp3) is 0.250. The van der Waals surface area contributed by atoms with Gasteiger partial charge in [0, 0.05) is 11.8 Å². The fourth-order valence-corrected chi connectivity index (χ4v) is 1.95. The molecule has 88 valence electrons. The highest BCUT2D eigenvalue weighted by atomic mass is 35.5. The third kappa shape index (κ3) is 2.20. The summed E-state index contributed by atoms with van der Waals surface area (Å²) in [6.45, 7) is 1.28. The Kier molecular flexibility index (Phi) is 2.84. The van der Waals surface area contributed by atoms with Crippen molar-refractivity contribution >= 4 is 11.6 Å². The van der Waals surface area contributed by atoms with Gasteiger partial charge in [0.05, 0.1) is 18.9 Å². The van der Waals surface area contributed by atoms with Gasteiger partial charge in [-0.2, -0.15) is 5.10 Å². The predicted octanol–water partition coefficient (Wildman–Crippen LogP) is 2.57. The first-order valence-electron chi connectivity index (χ1n) is 5.38. The lowest BCUT2D eigenvalue weighted by Gasteiger charge is -2.10. The lowest BCUT2D eigenvalue weighted by Crippen LogP contribution is -2.01. The van der Waals surface area contributed by atoms with Crippen molar-refractivity contribution < 1.29 is 9.47 Å². The Labute approximate surface area is 104 Å². The molecular weight excluding hydrogens is 240 g/mol. The smallest absolute Gasteiger partial charge is 0.184 e. The van der Waals surface area contributed by atoms with Crippen molar-refractivity contribution in [1.29, 1.82) is 0 Å². The van der Waals surface area contributed by atoms with Crippen LogP contribution >= 0.6 is 11.6 Å². The zero-order valence-corrected chi connectivity index (χ0v) is 9.80. The molecule has 0 N–H and O–H groups in total. The van der Waals surface area contributed by atoms with Crippen molar-refractivity contribution in [2.45, 2.75) is 6.29 Å². The molecule has 0 saturated carbocycles. The summed E-state index contributed by atoms with van der Waals surface area (Å²) < 4.78 is 12.6. The van der Waals surface area contributed by atoms with E-state index in [0.717, 1.165) is 11.3 Å². The van der Waals surface area contributed by atoms with Crippen molar-refractivity contribution in [2.75, 3.05) is 13.2 Å². The van der Waals surface area contributed by atoms with E-state index < -0.39 is 0 Å². The molecule has 1 saturated heterocycles. The number of hydrogen-bond acceptors (Lipinski definition) is 3. The minimum atomic E-state index is -0.263. The molecular formula is C12H11ClN2O2. The average Bonchev–Trinajstić information content (AvgIpc) is 3.00. The number of aromatic nitrogens is 2. The molecule has 0 aliphatic carbocycles. The summed E-state index contributed by atoms with van der Waals surface area (Å²) >= 11 is 5.80. The third-order valence-corrected chi connectivity index (χ3v) is 2.79. The molecule has 0 radical (unpaired) electrons. The van der Waals surface area contributed by atoms with Crippen LogP contribution in [-0.2, 0) is 9.47 Å². The SMILES string of the molecule is Clc1ccn(-c2cccc(C3OCCO3)c2)n1. The molecule has 0 bridgehead atoms. The van der Waals surface area contributed by atoms with Gasteiger partial charge >= 0.3 is 0 Å². The number of hydrogen-bond donors (Lipinski definition) is 0. The molecule has 5 heteroatoms. The Balaban J connectivity index is 1.93. The van der Waals surface area contributed by atoms with Gasteiger partial charge in [-0.05, 0) is 18.2 Å². The second-order valence-corrected chi connectivity index (χ2v) is 4.14. The molecule has 17 heavy (non-hydrogen) atoms. The summed E-state index contributed by atoms with van der Waals surface area (Å²) in [6.07, 6.45) is 1.55. The van der Waals surface area contributed by atoms with Gasteiger partial charge in [-0.1, -0.05) is 23.7 Å². The van der Waals surface area contributed by atoms with E-state index >= 15 is 0 Å². The number of benzene rings is 1. The van der Waals surface area contributed by atoms with Gasteiger partial charge < -0.3 is 9.47 Å². The largest absolute Gasteiger partial charge is 0.346 e. The van der Waals surface area contributed by atoms with E-state index in [1.54, 1.807) is 10.7 Å². The van der Waals surface area contributed by atoms with Crippen molar-refractivity contribution in [3.63, 3.8) is 0 Å². The highest BCUT2D eigenvalue weighted by molar-refractivity contribution is 6.29. The molecule has 1 aliphatic heterocycles. The van der Waals surface area contributed by atoms with Crippen molar-refractivity contribution in [1.82, 2.24) is 9.78 Å². The van der Waals surface area contributed by atoms with Crippen LogP contribution in [0.15, 0.2) is 36.5 Å². The topological polar surface area (TPSA) is 36.3 Å². The normalized spacial score (nSPS) is 16.5. The second-order valence-electron chi connectivity index (χ2n) is 3.75. The van der Waals surface area contributed by atoms with E-state index in [4.69, 9.17) is 21.1 Å². The van der Waals surface area contributed by atoms with E-state index in [-0.39, 0.29) is 6.29 Å². The molecule has 3 rings (SSSR count). The Morgan fingerprint density at radius 2 is 2.06 bits per heavy atom. The van der Waals surface area contributed by atoms with Crippen molar-refractivity contribution in [3.05, 3.63) is 47.2 Å². The zero-order valence-electron chi connectivity index (χ0n) is 9.04. The molecule has 1 fully saturated rings. The summed E-state index contributed by atoms with van der Waals surface area (Å²) in [5.74, 6) is 0. The first kappa shape index (κ1) is 10.8. The minimum absolute atomic E-state index is 0.263. The van der Waals surface area contributed by atoms with Crippen LogP contribution in [0.3, 0.4) is 0 Å². The second kappa shape index (κ2) is 4.49. The third-order valence-electron chi connectivity index (χ3n) is 2.59. The molecule has 1 aliphatic rings. The molecule has 1 aromatic heterocycles. The maximum absolute atomic E-state index is 5.80. The van der Waals surface area contributed by atoms with Crippen molar-refractivity contribution in [3.8, 4) is 5.69 Å². The van der Waals surface area contributed by atoms with Gasteiger partial charge in [0.1, 0.15) is 0 Å². The molecule has 2 heterocycles. The minimum Gasteiger partial charge on any atom is -0.346 e. The molecule has 1 aromatic carbocycles. The van der Waals surface area contributed by atoms with E-state index in [1.165, 1.54) is 0 Å². The van der Waals surface area contributed by atoms with Crippen molar-refractivity contribution in [2.24, 2.45) is 0 Å². The molecule has 2 aromatic rings. The van der Waals surface area contributed by atoms with E-state index in [1.807, 2.05) is 30.5 Å². The molecule has 0 atom stereocenters. The van der Waals surface area contributed by atoms with Crippen LogP contribution in [0, 0.1) is 0 Å². The van der Waals surface area contributed by atoms with Gasteiger partial charge in [-0.25, -0.2) is 4.68 Å². The van der Waals surface area contributed by atoms with Crippen LogP contribution in [0.2, 0.25) is 5.15 Å². The molecule has 0 unspecified atom stereocenters. The van der Waals surface area contributed by atoms with Crippen LogP contribution in [0.1, 0.15) is 11.9 Å². The maximum Gasteiger partial charge on any atom is 0.184 e. The molecule has 4 nitrogen and oxygen atoms in total. The van der Waals surface area contributed by atoms with E-state index in [0.29, 0.717) is 18.4 Å². The standard InChI is InChI=1S/C12H11ClN2O2/c13-11-4-5-15(14-11)10-3-1-2-9(8-10)12-16-6-7-17-12/h1-5,8,12H,6-7H2. The fourth-order valence-electron chi connectivity index (χ4n) is 1.81. The van der Waals surface area contributed by atoms with Crippen LogP contribution in [0.25, 0.3) is 5.69 Å². The van der Waals surface area contributed by atoms with Crippen LogP contribution in [-0.4, -0.2) is 23.0 Å².